The van der Waals surface area contributed by atoms with E-state index < -0.39 is 23.7 Å². The van der Waals surface area contributed by atoms with Gasteiger partial charge >= 0.3 is 12.1 Å². The number of alkyl carbamates (subject to hydrolysis) is 1. The van der Waals surface area contributed by atoms with Crippen LogP contribution in [-0.4, -0.2) is 41.6 Å². The third-order valence-corrected chi connectivity index (χ3v) is 5.74. The van der Waals surface area contributed by atoms with Crippen molar-refractivity contribution in [2.75, 3.05) is 7.11 Å². The van der Waals surface area contributed by atoms with Gasteiger partial charge < -0.3 is 19.7 Å². The molecule has 0 aliphatic heterocycles. The quantitative estimate of drug-likeness (QED) is 0.577. The molecule has 1 N–H and O–H groups in total. The second-order valence-electron chi connectivity index (χ2n) is 7.67. The van der Waals surface area contributed by atoms with Crippen LogP contribution >= 0.6 is 22.7 Å². The number of hydrogen-bond donors (Lipinski definition) is 1. The van der Waals surface area contributed by atoms with Crippen LogP contribution < -0.4 is 5.32 Å². The number of nitrogens with one attached hydrogen (secondary N) is 1. The van der Waals surface area contributed by atoms with E-state index in [4.69, 9.17) is 9.47 Å². The van der Waals surface area contributed by atoms with Gasteiger partial charge in [-0.1, -0.05) is 12.1 Å². The molecule has 1 atom stereocenters. The van der Waals surface area contributed by atoms with E-state index in [1.165, 1.54) is 7.11 Å². The second kappa shape index (κ2) is 11.1. The lowest BCUT2D eigenvalue weighted by atomic mass is 10.1. The minimum atomic E-state index is -0.904. The Morgan fingerprint density at radius 3 is 2.07 bits per heavy atom. The van der Waals surface area contributed by atoms with Gasteiger partial charge in [-0.15, -0.1) is 22.7 Å². The van der Waals surface area contributed by atoms with Crippen LogP contribution in [0.3, 0.4) is 0 Å². The van der Waals surface area contributed by atoms with Crippen molar-refractivity contribution in [1.29, 1.82) is 0 Å². The van der Waals surface area contributed by atoms with Crippen molar-refractivity contribution >= 4 is 40.6 Å². The number of hydrogen-bond acceptors (Lipinski definition) is 7. The van der Waals surface area contributed by atoms with E-state index in [0.29, 0.717) is 13.1 Å². The Hall–Kier alpha value is -2.39. The fourth-order valence-electron chi connectivity index (χ4n) is 2.68. The van der Waals surface area contributed by atoms with Gasteiger partial charge in [-0.25, -0.2) is 4.79 Å². The summed E-state index contributed by atoms with van der Waals surface area (Å²) in [6.45, 7) is 6.07. The summed E-state index contributed by atoms with van der Waals surface area (Å²) in [5.41, 5.74) is -0.701. The molecule has 0 bridgehead atoms. The van der Waals surface area contributed by atoms with Gasteiger partial charge in [-0.05, 0) is 50.1 Å². The highest BCUT2D eigenvalue weighted by molar-refractivity contribution is 7.10. The number of carbonyl (C=O) groups is 3. The van der Waals surface area contributed by atoms with Crippen molar-refractivity contribution in [3.05, 3.63) is 44.8 Å². The highest BCUT2D eigenvalue weighted by Crippen LogP contribution is 2.19. The minimum absolute atomic E-state index is 0.00848. The van der Waals surface area contributed by atoms with Crippen LogP contribution in [0.2, 0.25) is 0 Å². The van der Waals surface area contributed by atoms with Gasteiger partial charge in [0.15, 0.2) is 0 Å². The topological polar surface area (TPSA) is 84.9 Å². The average molecular weight is 453 g/mol. The summed E-state index contributed by atoms with van der Waals surface area (Å²) in [6.07, 6.45) is -0.567. The standard InChI is InChI=1S/C21H28N2O5S2/c1-21(2,3)28-20(26)22-17(9-10-18(24)27-4)19(25)23(13-15-7-5-11-29-15)14-16-8-6-12-30-16/h5-8,11-12,17H,9-10,13-14H2,1-4H3,(H,22,26)/t17-/m0/s1. The van der Waals surface area contributed by atoms with Gasteiger partial charge in [0.05, 0.1) is 20.2 Å². The van der Waals surface area contributed by atoms with E-state index in [1.807, 2.05) is 35.0 Å². The molecule has 0 saturated carbocycles. The van der Waals surface area contributed by atoms with Crippen LogP contribution in [0.15, 0.2) is 35.0 Å². The second-order valence-corrected chi connectivity index (χ2v) is 9.73. The maximum atomic E-state index is 13.4. The molecule has 7 nitrogen and oxygen atoms in total. The Labute approximate surface area is 185 Å². The summed E-state index contributed by atoms with van der Waals surface area (Å²) in [5, 5.41) is 6.55. The van der Waals surface area contributed by atoms with Crippen molar-refractivity contribution in [2.24, 2.45) is 0 Å². The lowest BCUT2D eigenvalue weighted by Crippen LogP contribution is -2.49. The maximum absolute atomic E-state index is 13.4. The van der Waals surface area contributed by atoms with E-state index in [9.17, 15) is 14.4 Å². The zero-order chi connectivity index (χ0) is 22.1. The Bertz CT molecular complexity index is 777. The third-order valence-electron chi connectivity index (χ3n) is 4.02. The molecule has 0 aliphatic carbocycles. The Balaban J connectivity index is 2.19. The largest absolute Gasteiger partial charge is 0.469 e. The minimum Gasteiger partial charge on any atom is -0.469 e. The Morgan fingerprint density at radius 1 is 1.07 bits per heavy atom. The highest BCUT2D eigenvalue weighted by Gasteiger charge is 2.29. The molecule has 30 heavy (non-hydrogen) atoms. The molecule has 0 radical (unpaired) electrons. The zero-order valence-electron chi connectivity index (χ0n) is 17.7. The molecular formula is C21H28N2O5S2. The van der Waals surface area contributed by atoms with Crippen LogP contribution in [0.25, 0.3) is 0 Å². The van der Waals surface area contributed by atoms with Crippen molar-refractivity contribution in [1.82, 2.24) is 10.2 Å². The van der Waals surface area contributed by atoms with Gasteiger partial charge in [0, 0.05) is 16.2 Å². The molecule has 9 heteroatoms. The summed E-state index contributed by atoms with van der Waals surface area (Å²) < 4.78 is 10.0. The van der Waals surface area contributed by atoms with E-state index in [0.717, 1.165) is 9.75 Å². The first-order chi connectivity index (χ1) is 14.2. The first kappa shape index (κ1) is 23.9. The molecule has 0 aliphatic rings. The molecular weight excluding hydrogens is 424 g/mol. The van der Waals surface area contributed by atoms with Gasteiger partial charge in [-0.2, -0.15) is 0 Å². The van der Waals surface area contributed by atoms with Crippen molar-refractivity contribution < 1.29 is 23.9 Å². The van der Waals surface area contributed by atoms with Gasteiger partial charge in [0.2, 0.25) is 5.91 Å². The highest BCUT2D eigenvalue weighted by atomic mass is 32.1. The lowest BCUT2D eigenvalue weighted by Gasteiger charge is -2.28. The van der Waals surface area contributed by atoms with Crippen LogP contribution in [0.4, 0.5) is 4.79 Å². The van der Waals surface area contributed by atoms with E-state index in [2.05, 4.69) is 5.32 Å². The average Bonchev–Trinajstić information content (AvgIpc) is 3.36. The summed E-state index contributed by atoms with van der Waals surface area (Å²) in [4.78, 5) is 41.1. The van der Waals surface area contributed by atoms with Gasteiger partial charge in [-0.3, -0.25) is 9.59 Å². The molecule has 0 unspecified atom stereocenters. The predicted molar refractivity (Wildman–Crippen MR) is 117 cm³/mol. The Morgan fingerprint density at radius 2 is 1.63 bits per heavy atom. The molecule has 0 spiro atoms. The van der Waals surface area contributed by atoms with Crippen molar-refractivity contribution in [3.63, 3.8) is 0 Å². The first-order valence-electron chi connectivity index (χ1n) is 9.58. The van der Waals surface area contributed by atoms with Gasteiger partial charge in [0.25, 0.3) is 0 Å². The monoisotopic (exact) mass is 452 g/mol. The number of nitrogens with zero attached hydrogens (tertiary/aromatic N) is 1. The summed E-state index contributed by atoms with van der Waals surface area (Å²) >= 11 is 3.12. The molecule has 164 valence electrons. The smallest absolute Gasteiger partial charge is 0.408 e. The molecule has 0 saturated heterocycles. The summed E-state index contributed by atoms with van der Waals surface area (Å²) in [6, 6.07) is 6.89. The summed E-state index contributed by atoms with van der Waals surface area (Å²) in [5.74, 6) is -0.714. The molecule has 0 fully saturated rings. The number of ether oxygens (including phenoxy) is 2. The molecule has 2 heterocycles. The molecule has 2 aromatic rings. The molecule has 2 amide bonds. The van der Waals surface area contributed by atoms with Crippen LogP contribution in [0.1, 0.15) is 43.4 Å². The van der Waals surface area contributed by atoms with E-state index >= 15 is 0 Å². The van der Waals surface area contributed by atoms with Crippen LogP contribution in [0, 0.1) is 0 Å². The molecule has 2 rings (SSSR count). The normalized spacial score (nSPS) is 12.1. The molecule has 2 aromatic heterocycles. The SMILES string of the molecule is COC(=O)CC[C@H](NC(=O)OC(C)(C)C)C(=O)N(Cc1cccs1)Cc1cccs1. The van der Waals surface area contributed by atoms with E-state index in [-0.39, 0.29) is 18.7 Å². The van der Waals surface area contributed by atoms with Gasteiger partial charge in [0.1, 0.15) is 11.6 Å². The molecule has 0 aromatic carbocycles. The third kappa shape index (κ3) is 8.16. The van der Waals surface area contributed by atoms with Crippen molar-refractivity contribution in [3.8, 4) is 0 Å². The number of thiophene rings is 2. The number of rotatable bonds is 9. The number of methoxy groups -OCH3 is 1. The number of carbonyl (C=O) groups excluding carboxylic acids is 3. The number of amides is 2. The first-order valence-corrected chi connectivity index (χ1v) is 11.3. The maximum Gasteiger partial charge on any atom is 0.408 e. The van der Waals surface area contributed by atoms with Crippen LogP contribution in [-0.2, 0) is 32.2 Å². The number of esters is 1. The predicted octanol–water partition coefficient (Wildman–Crippen LogP) is 4.18. The Kier molecular flexibility index (Phi) is 8.86. The summed E-state index contributed by atoms with van der Waals surface area (Å²) in [7, 11) is 1.29. The van der Waals surface area contributed by atoms with Crippen molar-refractivity contribution in [2.45, 2.75) is 58.3 Å². The zero-order valence-corrected chi connectivity index (χ0v) is 19.3. The fourth-order valence-corrected chi connectivity index (χ4v) is 4.12. The van der Waals surface area contributed by atoms with Crippen LogP contribution in [0.5, 0.6) is 0 Å². The van der Waals surface area contributed by atoms with E-state index in [1.54, 1.807) is 48.3 Å². The lowest BCUT2D eigenvalue weighted by molar-refractivity contribution is -0.141. The fraction of sp³-hybridized carbons (Fsp3) is 0.476.